The minimum Gasteiger partial charge on any atom is -0.491 e. The number of carbonyl (C=O) groups is 1. The Kier molecular flexibility index (Phi) is 6.79. The number of para-hydroxylation sites is 2. The lowest BCUT2D eigenvalue weighted by Crippen LogP contribution is -2.51. The summed E-state index contributed by atoms with van der Waals surface area (Å²) in [5.41, 5.74) is 3.54. The number of fused-ring (bicyclic) bond motifs is 1. The lowest BCUT2D eigenvalue weighted by Gasteiger charge is -2.34. The molecule has 1 amide bonds. The molecule has 7 nitrogen and oxygen atoms in total. The van der Waals surface area contributed by atoms with Gasteiger partial charge < -0.3 is 14.8 Å². The molecule has 0 spiro atoms. The van der Waals surface area contributed by atoms with Gasteiger partial charge in [0.15, 0.2) is 6.10 Å². The van der Waals surface area contributed by atoms with E-state index in [9.17, 15) is 13.2 Å². The Morgan fingerprint density at radius 2 is 1.74 bits per heavy atom. The molecule has 0 aromatic heterocycles. The molecule has 34 heavy (non-hydrogen) atoms. The smallest absolute Gasteiger partial charge is 0.264 e. The second kappa shape index (κ2) is 9.77. The van der Waals surface area contributed by atoms with Crippen LogP contribution in [0.15, 0.2) is 71.6 Å². The predicted molar refractivity (Wildman–Crippen MR) is 131 cm³/mol. The van der Waals surface area contributed by atoms with Gasteiger partial charge in [-0.2, -0.15) is 0 Å². The van der Waals surface area contributed by atoms with E-state index in [2.05, 4.69) is 5.32 Å². The molecule has 1 heterocycles. The molecule has 0 radical (unpaired) electrons. The van der Waals surface area contributed by atoms with Crippen molar-refractivity contribution in [3.63, 3.8) is 0 Å². The number of rotatable bonds is 7. The van der Waals surface area contributed by atoms with Gasteiger partial charge in [-0.15, -0.1) is 0 Å². The predicted octanol–water partition coefficient (Wildman–Crippen LogP) is 3.76. The van der Waals surface area contributed by atoms with E-state index in [1.54, 1.807) is 48.5 Å². The highest BCUT2D eigenvalue weighted by molar-refractivity contribution is 7.92. The standard InChI is InChI=1S/C26H28N2O5S/c1-18-8-11-21(12-9-18)34(30,31)28-17-25(33-24-7-5-4-6-22(24)28)26(29)27-14-15-32-23-13-10-19(2)16-20(23)3/h4-13,16,25H,14-15,17H2,1-3H3,(H,27,29)/t25-/m0/s1. The van der Waals surface area contributed by atoms with Crippen LogP contribution in [-0.2, 0) is 14.8 Å². The number of carbonyl (C=O) groups excluding carboxylic acids is 1. The van der Waals surface area contributed by atoms with Gasteiger partial charge in [0.25, 0.3) is 15.9 Å². The number of anilines is 1. The molecule has 1 aliphatic heterocycles. The molecule has 3 aromatic carbocycles. The number of sulfonamides is 1. The second-order valence-corrected chi connectivity index (χ2v) is 10.2. The fourth-order valence-electron chi connectivity index (χ4n) is 3.81. The highest BCUT2D eigenvalue weighted by Crippen LogP contribution is 2.36. The monoisotopic (exact) mass is 480 g/mol. The van der Waals surface area contributed by atoms with Crippen LogP contribution < -0.4 is 19.1 Å². The summed E-state index contributed by atoms with van der Waals surface area (Å²) in [4.78, 5) is 13.0. The zero-order valence-electron chi connectivity index (χ0n) is 19.4. The van der Waals surface area contributed by atoms with Crippen LogP contribution in [0.4, 0.5) is 5.69 Å². The zero-order chi connectivity index (χ0) is 24.3. The van der Waals surface area contributed by atoms with Crippen molar-refractivity contribution in [2.24, 2.45) is 0 Å². The zero-order valence-corrected chi connectivity index (χ0v) is 20.3. The Hall–Kier alpha value is -3.52. The highest BCUT2D eigenvalue weighted by atomic mass is 32.2. The van der Waals surface area contributed by atoms with Gasteiger partial charge in [-0.05, 0) is 56.7 Å². The van der Waals surface area contributed by atoms with Crippen LogP contribution in [0.5, 0.6) is 11.5 Å². The number of nitrogens with one attached hydrogen (secondary N) is 1. The Bertz CT molecular complexity index is 1290. The SMILES string of the molecule is Cc1ccc(S(=O)(=O)N2C[C@@H](C(=O)NCCOc3ccc(C)cc3C)Oc3ccccc32)cc1. The molecular formula is C26H28N2O5S. The average molecular weight is 481 g/mol. The van der Waals surface area contributed by atoms with Gasteiger partial charge in [-0.1, -0.05) is 47.5 Å². The number of benzene rings is 3. The summed E-state index contributed by atoms with van der Waals surface area (Å²) in [5.74, 6) is 0.706. The first-order valence-corrected chi connectivity index (χ1v) is 12.5. The number of amides is 1. The second-order valence-electron chi connectivity index (χ2n) is 8.33. The summed E-state index contributed by atoms with van der Waals surface area (Å²) in [6.45, 7) is 6.29. The van der Waals surface area contributed by atoms with E-state index in [-0.39, 0.29) is 24.6 Å². The maximum absolute atomic E-state index is 13.4. The summed E-state index contributed by atoms with van der Waals surface area (Å²) in [7, 11) is -3.88. The van der Waals surface area contributed by atoms with Crippen LogP contribution in [-0.4, -0.2) is 40.1 Å². The molecule has 4 rings (SSSR count). The number of hydrogen-bond donors (Lipinski definition) is 1. The van der Waals surface area contributed by atoms with Crippen LogP contribution in [0.1, 0.15) is 16.7 Å². The minimum atomic E-state index is -3.88. The fourth-order valence-corrected chi connectivity index (χ4v) is 5.29. The Labute approximate surface area is 200 Å². The molecule has 1 aliphatic rings. The molecule has 0 saturated heterocycles. The number of aryl methyl sites for hydroxylation is 3. The third-order valence-corrected chi connectivity index (χ3v) is 7.42. The first kappa shape index (κ1) is 23.6. The van der Waals surface area contributed by atoms with Gasteiger partial charge in [-0.25, -0.2) is 8.42 Å². The maximum Gasteiger partial charge on any atom is 0.264 e. The van der Waals surface area contributed by atoms with E-state index in [0.717, 1.165) is 22.4 Å². The van der Waals surface area contributed by atoms with Crippen molar-refractivity contribution in [2.75, 3.05) is 24.0 Å². The lowest BCUT2D eigenvalue weighted by molar-refractivity contribution is -0.127. The first-order valence-electron chi connectivity index (χ1n) is 11.1. The number of hydrogen-bond acceptors (Lipinski definition) is 5. The Balaban J connectivity index is 1.45. The van der Waals surface area contributed by atoms with Gasteiger partial charge in [0.1, 0.15) is 18.1 Å². The molecule has 3 aromatic rings. The summed E-state index contributed by atoms with van der Waals surface area (Å²) < 4.78 is 39.7. The van der Waals surface area contributed by atoms with Gasteiger partial charge >= 0.3 is 0 Å². The summed E-state index contributed by atoms with van der Waals surface area (Å²) in [6, 6.07) is 19.4. The van der Waals surface area contributed by atoms with Crippen molar-refractivity contribution >= 4 is 21.6 Å². The van der Waals surface area contributed by atoms with Gasteiger partial charge in [0.2, 0.25) is 0 Å². The van der Waals surface area contributed by atoms with E-state index in [1.165, 1.54) is 4.31 Å². The molecule has 178 valence electrons. The lowest BCUT2D eigenvalue weighted by atomic mass is 10.1. The average Bonchev–Trinajstić information content (AvgIpc) is 2.82. The molecule has 8 heteroatoms. The minimum absolute atomic E-state index is 0.128. The Morgan fingerprint density at radius 1 is 1.03 bits per heavy atom. The summed E-state index contributed by atoms with van der Waals surface area (Å²) in [6.07, 6.45) is -0.990. The Morgan fingerprint density at radius 3 is 2.47 bits per heavy atom. The number of nitrogens with zero attached hydrogens (tertiary/aromatic N) is 1. The van der Waals surface area contributed by atoms with Crippen molar-refractivity contribution < 1.29 is 22.7 Å². The van der Waals surface area contributed by atoms with Crippen LogP contribution >= 0.6 is 0 Å². The van der Waals surface area contributed by atoms with Crippen LogP contribution in [0.2, 0.25) is 0 Å². The van der Waals surface area contributed by atoms with Gasteiger partial charge in [-0.3, -0.25) is 9.10 Å². The largest absolute Gasteiger partial charge is 0.491 e. The van der Waals surface area contributed by atoms with Gasteiger partial charge in [0.05, 0.1) is 23.7 Å². The van der Waals surface area contributed by atoms with Crippen LogP contribution in [0.3, 0.4) is 0 Å². The van der Waals surface area contributed by atoms with Crippen molar-refractivity contribution in [1.82, 2.24) is 5.32 Å². The molecule has 0 fully saturated rings. The van der Waals surface area contributed by atoms with E-state index in [4.69, 9.17) is 9.47 Å². The van der Waals surface area contributed by atoms with Crippen LogP contribution in [0.25, 0.3) is 0 Å². The number of ether oxygens (including phenoxy) is 2. The van der Waals surface area contributed by atoms with E-state index < -0.39 is 22.0 Å². The molecular weight excluding hydrogens is 452 g/mol. The topological polar surface area (TPSA) is 84.9 Å². The third-order valence-electron chi connectivity index (χ3n) is 5.63. The summed E-state index contributed by atoms with van der Waals surface area (Å²) >= 11 is 0. The quantitative estimate of drug-likeness (QED) is 0.521. The molecule has 0 aliphatic carbocycles. The van der Waals surface area contributed by atoms with Gasteiger partial charge in [0, 0.05) is 0 Å². The molecule has 0 unspecified atom stereocenters. The summed E-state index contributed by atoms with van der Waals surface area (Å²) in [5, 5.41) is 2.79. The highest BCUT2D eigenvalue weighted by Gasteiger charge is 2.37. The maximum atomic E-state index is 13.4. The van der Waals surface area contributed by atoms with E-state index >= 15 is 0 Å². The van der Waals surface area contributed by atoms with Crippen LogP contribution in [0, 0.1) is 20.8 Å². The van der Waals surface area contributed by atoms with Crippen molar-refractivity contribution in [2.45, 2.75) is 31.8 Å². The fraction of sp³-hybridized carbons (Fsp3) is 0.269. The normalized spacial score (nSPS) is 15.3. The van der Waals surface area contributed by atoms with E-state index in [0.29, 0.717) is 11.4 Å². The van der Waals surface area contributed by atoms with E-state index in [1.807, 2.05) is 39.0 Å². The van der Waals surface area contributed by atoms with Crippen molar-refractivity contribution in [3.8, 4) is 11.5 Å². The first-order chi connectivity index (χ1) is 16.3. The third kappa shape index (κ3) is 5.02. The molecule has 0 bridgehead atoms. The molecule has 0 saturated carbocycles. The molecule has 1 atom stereocenters. The van der Waals surface area contributed by atoms with Crippen molar-refractivity contribution in [1.29, 1.82) is 0 Å². The van der Waals surface area contributed by atoms with Crippen molar-refractivity contribution in [3.05, 3.63) is 83.4 Å². The molecule has 1 N–H and O–H groups in total.